The molecule has 0 aliphatic heterocycles. The maximum atomic E-state index is 12.7. The molecule has 0 saturated heterocycles. The van der Waals surface area contributed by atoms with Gasteiger partial charge in [-0.1, -0.05) is 30.3 Å². The van der Waals surface area contributed by atoms with E-state index in [-0.39, 0.29) is 0 Å². The van der Waals surface area contributed by atoms with Crippen LogP contribution in [0.1, 0.15) is 5.56 Å². The molecule has 0 aliphatic carbocycles. The number of rotatable bonds is 6. The number of hydrogen-bond acceptors (Lipinski definition) is 2. The van der Waals surface area contributed by atoms with Crippen LogP contribution in [0.15, 0.2) is 30.3 Å². The van der Waals surface area contributed by atoms with Crippen molar-refractivity contribution in [3.8, 4) is 0 Å². The van der Waals surface area contributed by atoms with Crippen LogP contribution in [-0.2, 0) is 15.8 Å². The van der Waals surface area contributed by atoms with Crippen LogP contribution in [-0.4, -0.2) is 38.1 Å². The normalized spacial score (nSPS) is 13.8. The second kappa shape index (κ2) is 6.21. The molecule has 6 nitrogen and oxygen atoms in total. The number of carboxylic acids is 1. The van der Waals surface area contributed by atoms with Crippen molar-refractivity contribution in [1.29, 1.82) is 0 Å². The molecule has 1 atom stereocenters. The highest BCUT2D eigenvalue weighted by atomic mass is 31.2. The Labute approximate surface area is 107 Å². The zero-order valence-electron chi connectivity index (χ0n) is 9.56. The van der Waals surface area contributed by atoms with Gasteiger partial charge in [0.15, 0.2) is 0 Å². The zero-order valence-corrected chi connectivity index (χ0v) is 10.5. The lowest BCUT2D eigenvalue weighted by atomic mass is 10.1. The number of aliphatic carboxylic acids is 1. The monoisotopic (exact) mass is 295 g/mol. The van der Waals surface area contributed by atoms with E-state index in [4.69, 9.17) is 14.9 Å². The van der Waals surface area contributed by atoms with E-state index in [0.717, 1.165) is 0 Å². The largest absolute Gasteiger partial charge is 0.480 e. The molecule has 106 valence electrons. The maximum absolute atomic E-state index is 12.7. The molecule has 1 aromatic carbocycles. The summed E-state index contributed by atoms with van der Waals surface area (Å²) in [6.07, 6.45) is -0.439. The first-order valence-electron chi connectivity index (χ1n) is 5.12. The third-order valence-electron chi connectivity index (χ3n) is 2.38. The van der Waals surface area contributed by atoms with Crippen LogP contribution in [0, 0.1) is 0 Å². The SMILES string of the molecule is O=C(O)C(Cc1ccccc1)N(C(F)F)P(=O)(O)O. The fourth-order valence-corrected chi connectivity index (χ4v) is 2.33. The van der Waals surface area contributed by atoms with E-state index in [1.165, 1.54) is 12.1 Å². The molecule has 0 radical (unpaired) electrons. The highest BCUT2D eigenvalue weighted by molar-refractivity contribution is 7.49. The molecule has 3 N–H and O–H groups in total. The molecular weight excluding hydrogens is 283 g/mol. The van der Waals surface area contributed by atoms with Crippen molar-refractivity contribution in [3.05, 3.63) is 35.9 Å². The summed E-state index contributed by atoms with van der Waals surface area (Å²) in [5.41, 5.74) is 0.383. The molecule has 0 fully saturated rings. The van der Waals surface area contributed by atoms with Gasteiger partial charge in [0.25, 0.3) is 0 Å². The van der Waals surface area contributed by atoms with E-state index >= 15 is 0 Å². The van der Waals surface area contributed by atoms with E-state index in [0.29, 0.717) is 5.56 Å². The molecule has 0 aromatic heterocycles. The predicted octanol–water partition coefficient (Wildman–Crippen LogP) is 1.30. The van der Waals surface area contributed by atoms with Crippen molar-refractivity contribution >= 4 is 13.7 Å². The highest BCUT2D eigenvalue weighted by Crippen LogP contribution is 2.44. The number of halogens is 2. The first-order chi connectivity index (χ1) is 8.73. The van der Waals surface area contributed by atoms with Crippen molar-refractivity contribution in [2.24, 2.45) is 0 Å². The Hall–Kier alpha value is -1.34. The highest BCUT2D eigenvalue weighted by Gasteiger charge is 2.43. The summed E-state index contributed by atoms with van der Waals surface area (Å²) in [5.74, 6) is -1.73. The fourth-order valence-electron chi connectivity index (χ4n) is 1.56. The standard InChI is InChI=1S/C10H12F2NO5P/c11-10(12)13(19(16,17)18)8(9(14)15)6-7-4-2-1-3-5-7/h1-5,8,10H,6H2,(H,14,15)(H2,16,17,18). The van der Waals surface area contributed by atoms with Gasteiger partial charge in [0.1, 0.15) is 6.04 Å². The first kappa shape index (κ1) is 15.7. The van der Waals surface area contributed by atoms with E-state index in [2.05, 4.69) is 0 Å². The van der Waals surface area contributed by atoms with Gasteiger partial charge in [0, 0.05) is 0 Å². The first-order valence-corrected chi connectivity index (χ1v) is 6.69. The summed E-state index contributed by atoms with van der Waals surface area (Å²) in [6.45, 7) is -3.58. The molecule has 0 aliphatic rings. The van der Waals surface area contributed by atoms with Gasteiger partial charge in [-0.05, 0) is 12.0 Å². The third kappa shape index (κ3) is 4.36. The van der Waals surface area contributed by atoms with Crippen LogP contribution >= 0.6 is 7.75 Å². The molecule has 1 unspecified atom stereocenters. The van der Waals surface area contributed by atoms with Gasteiger partial charge >= 0.3 is 20.3 Å². The number of carboxylic acid groups (broad SMARTS) is 1. The lowest BCUT2D eigenvalue weighted by Crippen LogP contribution is -2.43. The van der Waals surface area contributed by atoms with Gasteiger partial charge in [0.2, 0.25) is 0 Å². The predicted molar refractivity (Wildman–Crippen MR) is 61.5 cm³/mol. The molecule has 19 heavy (non-hydrogen) atoms. The molecule has 1 aromatic rings. The average molecular weight is 295 g/mol. The van der Waals surface area contributed by atoms with Gasteiger partial charge < -0.3 is 14.9 Å². The van der Waals surface area contributed by atoms with Crippen LogP contribution in [0.25, 0.3) is 0 Å². The lowest BCUT2D eigenvalue weighted by Gasteiger charge is -2.27. The Morgan fingerprint density at radius 3 is 2.16 bits per heavy atom. The van der Waals surface area contributed by atoms with E-state index in [1.54, 1.807) is 18.2 Å². The summed E-state index contributed by atoms with van der Waals surface area (Å²) in [7, 11) is -5.38. The van der Waals surface area contributed by atoms with Gasteiger partial charge in [-0.15, -0.1) is 4.67 Å². The minimum Gasteiger partial charge on any atom is -0.480 e. The molecule has 1 rings (SSSR count). The molecule has 0 amide bonds. The molecule has 0 saturated carbocycles. The van der Waals surface area contributed by atoms with Gasteiger partial charge in [0.05, 0.1) is 0 Å². The number of benzene rings is 1. The molecule has 0 heterocycles. The maximum Gasteiger partial charge on any atom is 0.408 e. The number of alkyl halides is 2. The second-order valence-electron chi connectivity index (χ2n) is 3.71. The molecule has 0 bridgehead atoms. The Bertz CT molecular complexity index is 478. The third-order valence-corrected chi connectivity index (χ3v) is 3.43. The fraction of sp³-hybridized carbons (Fsp3) is 0.300. The minimum atomic E-state index is -5.38. The van der Waals surface area contributed by atoms with Gasteiger partial charge in [-0.3, -0.25) is 4.79 Å². The van der Waals surface area contributed by atoms with Crippen LogP contribution in [0.4, 0.5) is 8.78 Å². The average Bonchev–Trinajstić information content (AvgIpc) is 2.27. The van der Waals surface area contributed by atoms with Crippen LogP contribution in [0.2, 0.25) is 0 Å². The Morgan fingerprint density at radius 2 is 1.79 bits per heavy atom. The molecule has 9 heteroatoms. The van der Waals surface area contributed by atoms with Crippen LogP contribution in [0.5, 0.6) is 0 Å². The Morgan fingerprint density at radius 1 is 1.26 bits per heavy atom. The summed E-state index contributed by atoms with van der Waals surface area (Å²) in [6, 6.07) is 5.74. The van der Waals surface area contributed by atoms with Crippen molar-refractivity contribution in [2.45, 2.75) is 19.0 Å². The lowest BCUT2D eigenvalue weighted by molar-refractivity contribution is -0.146. The summed E-state index contributed by atoms with van der Waals surface area (Å²) in [5, 5.41) is 8.90. The molecule has 0 spiro atoms. The van der Waals surface area contributed by atoms with E-state index in [9.17, 15) is 18.1 Å². The molecular formula is C10H12F2NO5P. The van der Waals surface area contributed by atoms with Crippen molar-refractivity contribution in [1.82, 2.24) is 4.67 Å². The van der Waals surface area contributed by atoms with Gasteiger partial charge in [-0.2, -0.15) is 8.78 Å². The van der Waals surface area contributed by atoms with Crippen molar-refractivity contribution < 1.29 is 33.0 Å². The Kier molecular flexibility index (Phi) is 5.13. The summed E-state index contributed by atoms with van der Waals surface area (Å²) in [4.78, 5) is 28.7. The summed E-state index contributed by atoms with van der Waals surface area (Å²) < 4.78 is 35.7. The number of carbonyl (C=O) groups is 1. The van der Waals surface area contributed by atoms with Crippen molar-refractivity contribution in [2.75, 3.05) is 0 Å². The second-order valence-corrected chi connectivity index (χ2v) is 5.20. The van der Waals surface area contributed by atoms with Crippen LogP contribution < -0.4 is 0 Å². The van der Waals surface area contributed by atoms with E-state index in [1.807, 2.05) is 0 Å². The minimum absolute atomic E-state index is 0.383. The topological polar surface area (TPSA) is 98.1 Å². The zero-order chi connectivity index (χ0) is 14.6. The number of hydrogen-bond donors (Lipinski definition) is 3. The Balaban J connectivity index is 3.06. The smallest absolute Gasteiger partial charge is 0.408 e. The van der Waals surface area contributed by atoms with Crippen LogP contribution in [0.3, 0.4) is 0 Å². The van der Waals surface area contributed by atoms with Crippen molar-refractivity contribution in [3.63, 3.8) is 0 Å². The number of nitrogens with zero attached hydrogens (tertiary/aromatic N) is 1. The summed E-state index contributed by atoms with van der Waals surface area (Å²) >= 11 is 0. The quantitative estimate of drug-likeness (QED) is 0.540. The van der Waals surface area contributed by atoms with Gasteiger partial charge in [-0.25, -0.2) is 4.57 Å². The van der Waals surface area contributed by atoms with E-state index < -0.39 is 37.4 Å².